The fourth-order valence-corrected chi connectivity index (χ4v) is 20.3. The van der Waals surface area contributed by atoms with E-state index in [1.807, 2.05) is 0 Å². The number of ether oxygens (including phenoxy) is 2. The summed E-state index contributed by atoms with van der Waals surface area (Å²) in [5.41, 5.74) is 0. The lowest BCUT2D eigenvalue weighted by Gasteiger charge is -2.42. The molecule has 13 rings (SSSR count). The maximum absolute atomic E-state index is 14.7. The predicted molar refractivity (Wildman–Crippen MR) is 253 cm³/mol. The molecule has 9 saturated carbocycles. The molecule has 66 heavy (non-hydrogen) atoms. The highest BCUT2D eigenvalue weighted by atomic mass is 16.5. The summed E-state index contributed by atoms with van der Waals surface area (Å²) in [4.78, 5) is 62.6. The lowest BCUT2D eigenvalue weighted by atomic mass is 9.65. The molecular weight excluding hydrogens is 821 g/mol. The van der Waals surface area contributed by atoms with Gasteiger partial charge in [-0.1, -0.05) is 51.4 Å². The molecule has 13 aliphatic rings. The molecule has 4 aliphatic heterocycles. The van der Waals surface area contributed by atoms with Crippen molar-refractivity contribution in [2.45, 2.75) is 254 Å². The highest BCUT2D eigenvalue weighted by molar-refractivity contribution is 5.87. The van der Waals surface area contributed by atoms with Crippen molar-refractivity contribution in [2.24, 2.45) is 82.9 Å². The molecule has 0 N–H and O–H groups in total. The van der Waals surface area contributed by atoms with Crippen molar-refractivity contribution in [1.29, 1.82) is 0 Å². The third kappa shape index (κ3) is 7.50. The van der Waals surface area contributed by atoms with E-state index in [0.29, 0.717) is 95.6 Å². The molecule has 0 aromatic heterocycles. The van der Waals surface area contributed by atoms with Gasteiger partial charge in [0, 0.05) is 59.7 Å². The van der Waals surface area contributed by atoms with E-state index in [1.165, 1.54) is 116 Å². The van der Waals surface area contributed by atoms with Gasteiger partial charge in [0.15, 0.2) is 0 Å². The summed E-state index contributed by atoms with van der Waals surface area (Å²) in [5, 5.41) is 0. The van der Waals surface area contributed by atoms with Gasteiger partial charge in [0.25, 0.3) is 0 Å². The van der Waals surface area contributed by atoms with Crippen molar-refractivity contribution in [3.8, 4) is 0 Å². The van der Waals surface area contributed by atoms with Gasteiger partial charge in [0.2, 0.25) is 11.8 Å². The average molecular weight is 907 g/mol. The smallest absolute Gasteiger partial charge is 0.226 e. The van der Waals surface area contributed by atoms with Gasteiger partial charge in [-0.25, -0.2) is 0 Å². The summed E-state index contributed by atoms with van der Waals surface area (Å²) < 4.78 is 13.6. The van der Waals surface area contributed by atoms with Crippen LogP contribution in [-0.4, -0.2) is 81.8 Å². The van der Waals surface area contributed by atoms with Crippen LogP contribution < -0.4 is 0 Å². The van der Waals surface area contributed by atoms with E-state index in [9.17, 15) is 19.2 Å². The number of hydrogen-bond acceptors (Lipinski definition) is 6. The Morgan fingerprint density at radius 1 is 0.273 bits per heavy atom. The highest BCUT2D eigenvalue weighted by Crippen LogP contribution is 2.59. The van der Waals surface area contributed by atoms with Crippen LogP contribution in [0.4, 0.5) is 0 Å². The van der Waals surface area contributed by atoms with E-state index in [1.54, 1.807) is 0 Å². The van der Waals surface area contributed by atoms with Crippen molar-refractivity contribution in [2.75, 3.05) is 0 Å². The van der Waals surface area contributed by atoms with Gasteiger partial charge >= 0.3 is 0 Å². The van der Waals surface area contributed by atoms with Gasteiger partial charge < -0.3 is 19.3 Å². The molecule has 0 aromatic rings. The van der Waals surface area contributed by atoms with Crippen molar-refractivity contribution >= 4 is 23.4 Å². The Kier molecular flexibility index (Phi) is 12.1. The van der Waals surface area contributed by atoms with Gasteiger partial charge in [-0.05, 0) is 201 Å². The minimum Gasteiger partial charge on any atom is -0.374 e. The Morgan fingerprint density at radius 2 is 0.591 bits per heavy atom. The molecule has 16 unspecified atom stereocenters. The first-order chi connectivity index (χ1) is 32.4. The quantitative estimate of drug-likeness (QED) is 0.264. The molecule has 16 atom stereocenters. The molecule has 0 spiro atoms. The minimum absolute atomic E-state index is 0.0706. The molecule has 9 aliphatic carbocycles. The lowest BCUT2D eigenvalue weighted by molar-refractivity contribution is -0.144. The summed E-state index contributed by atoms with van der Waals surface area (Å²) in [7, 11) is 0. The van der Waals surface area contributed by atoms with Crippen molar-refractivity contribution in [1.82, 2.24) is 9.80 Å². The van der Waals surface area contributed by atoms with Gasteiger partial charge in [-0.2, -0.15) is 0 Å². The van der Waals surface area contributed by atoms with Crippen LogP contribution in [0.2, 0.25) is 0 Å². The molecule has 0 radical (unpaired) electrons. The summed E-state index contributed by atoms with van der Waals surface area (Å²) in [6.45, 7) is 0. The first-order valence-corrected chi connectivity index (χ1v) is 29.4. The standard InChI is InChI=1S/C58H86N2O6/c61-55(35-21-25-37(26-22-35)57(63)59-47-13-5-1-9-39(47)43-29-45-41-11-3-7-15-51(41)65-53(45)31-49(43)59)33-17-19-34(20-18-33)56(62)36-23-27-38(28-24-36)58(64)60-48-14-6-2-10-40(48)44-30-46-42-12-4-8-16-52(42)66-54(46)32-50(44)60/h33-54H,1-32H2. The first kappa shape index (κ1) is 44.2. The van der Waals surface area contributed by atoms with Crippen molar-refractivity contribution < 1.29 is 28.7 Å². The third-order valence-corrected chi connectivity index (χ3v) is 23.4. The Labute approximate surface area is 397 Å². The number of carbonyl (C=O) groups is 4. The van der Waals surface area contributed by atoms with Gasteiger partial charge in [-0.15, -0.1) is 0 Å². The third-order valence-electron chi connectivity index (χ3n) is 23.4. The SMILES string of the molecule is O=C(C1CCC(C(=O)C2CCC(C(=O)N3C4CCCCC4C4CC5C(CC43)OC3CCCCC35)CC2)CC1)C1CCC(C(=O)N2C3CCCCC3C3CC4C(CC32)OC2CCCCC24)CC1. The van der Waals surface area contributed by atoms with Crippen molar-refractivity contribution in [3.63, 3.8) is 0 Å². The van der Waals surface area contributed by atoms with Gasteiger partial charge in [-0.3, -0.25) is 19.2 Å². The molecule has 13 fully saturated rings. The second-order valence-corrected chi connectivity index (χ2v) is 26.0. The van der Waals surface area contributed by atoms with Gasteiger partial charge in [0.05, 0.1) is 24.4 Å². The molecular formula is C58H86N2O6. The molecule has 4 saturated heterocycles. The Balaban J connectivity index is 0.581. The largest absolute Gasteiger partial charge is 0.374 e. The molecule has 0 bridgehead atoms. The normalized spacial score (nSPS) is 50.7. The van der Waals surface area contributed by atoms with E-state index >= 15 is 0 Å². The summed E-state index contributed by atoms with van der Waals surface area (Å²) in [6.07, 6.45) is 37.4. The number of rotatable bonds is 6. The van der Waals surface area contributed by atoms with E-state index in [-0.39, 0.29) is 35.5 Å². The van der Waals surface area contributed by atoms with Crippen LogP contribution in [0, 0.1) is 82.9 Å². The molecule has 0 aromatic carbocycles. The van der Waals surface area contributed by atoms with E-state index in [2.05, 4.69) is 9.80 Å². The summed E-state index contributed by atoms with van der Waals surface area (Å²) in [6, 6.07) is 1.60. The Bertz CT molecular complexity index is 1700. The van der Waals surface area contributed by atoms with E-state index < -0.39 is 0 Å². The van der Waals surface area contributed by atoms with E-state index in [0.717, 1.165) is 114 Å². The zero-order valence-corrected chi connectivity index (χ0v) is 40.7. The van der Waals surface area contributed by atoms with Crippen LogP contribution in [0.15, 0.2) is 0 Å². The maximum atomic E-state index is 14.7. The number of nitrogens with zero attached hydrogens (tertiary/aromatic N) is 2. The number of likely N-dealkylation sites (tertiary alicyclic amines) is 2. The van der Waals surface area contributed by atoms with Crippen LogP contribution in [0.3, 0.4) is 0 Å². The average Bonchev–Trinajstić information content (AvgIpc) is 4.11. The Morgan fingerprint density at radius 3 is 0.970 bits per heavy atom. The van der Waals surface area contributed by atoms with Crippen molar-refractivity contribution in [3.05, 3.63) is 0 Å². The second-order valence-electron chi connectivity index (χ2n) is 26.0. The van der Waals surface area contributed by atoms with Crippen LogP contribution in [-0.2, 0) is 28.7 Å². The predicted octanol–water partition coefficient (Wildman–Crippen LogP) is 11.1. The van der Waals surface area contributed by atoms with Gasteiger partial charge in [0.1, 0.15) is 11.6 Å². The number of Topliss-reactive ketones (excluding diaryl/α,β-unsaturated/α-hetero) is 2. The Hall–Kier alpha value is -1.80. The topological polar surface area (TPSA) is 93.2 Å². The summed E-state index contributed by atoms with van der Waals surface area (Å²) >= 11 is 0. The number of carbonyl (C=O) groups excluding carboxylic acids is 4. The number of hydrogen-bond donors (Lipinski definition) is 0. The first-order valence-electron chi connectivity index (χ1n) is 29.4. The highest BCUT2D eigenvalue weighted by Gasteiger charge is 2.61. The zero-order chi connectivity index (χ0) is 44.2. The number of amides is 2. The molecule has 364 valence electrons. The second kappa shape index (κ2) is 18.1. The van der Waals surface area contributed by atoms with Crippen LogP contribution in [0.25, 0.3) is 0 Å². The molecule has 4 heterocycles. The molecule has 8 nitrogen and oxygen atoms in total. The van der Waals surface area contributed by atoms with Crippen LogP contribution >= 0.6 is 0 Å². The number of fused-ring (bicyclic) bond motifs is 12. The monoisotopic (exact) mass is 907 g/mol. The van der Waals surface area contributed by atoms with Crippen LogP contribution in [0.5, 0.6) is 0 Å². The molecule has 8 heteroatoms. The van der Waals surface area contributed by atoms with E-state index in [4.69, 9.17) is 9.47 Å². The maximum Gasteiger partial charge on any atom is 0.226 e. The summed E-state index contributed by atoms with van der Waals surface area (Å²) in [5.74, 6) is 7.85. The lowest BCUT2D eigenvalue weighted by Crippen LogP contribution is -2.50. The fraction of sp³-hybridized carbons (Fsp3) is 0.931. The fourth-order valence-electron chi connectivity index (χ4n) is 20.3. The molecule has 2 amide bonds. The number of ketones is 2. The zero-order valence-electron chi connectivity index (χ0n) is 40.7. The minimum atomic E-state index is 0.0706. The van der Waals surface area contributed by atoms with Crippen LogP contribution in [0.1, 0.15) is 205 Å².